The van der Waals surface area contributed by atoms with E-state index in [1.165, 1.54) is 0 Å². The highest BCUT2D eigenvalue weighted by molar-refractivity contribution is 9.10. The number of hydrogen-bond donors (Lipinski definition) is 1. The van der Waals surface area contributed by atoms with Crippen molar-refractivity contribution in [1.82, 2.24) is 0 Å². The topological polar surface area (TPSA) is 78.6 Å². The molecule has 3 rings (SSSR count). The number of anilines is 1. The number of halogens is 1. The summed E-state index contributed by atoms with van der Waals surface area (Å²) in [6.45, 7) is 1.96. The standard InChI is InChI=1S/C21H22BrN3O3/c1-21(12-8-16(22)19(27-5)18(9-12)26-4)14-7-6-13(25(2)3)10-17(14)28-20(24)15(21)11-23/h6-10,15,24H,1-5H3. The first-order valence-corrected chi connectivity index (χ1v) is 9.47. The molecule has 2 aromatic carbocycles. The van der Waals surface area contributed by atoms with Gasteiger partial charge in [0.25, 0.3) is 0 Å². The number of benzene rings is 2. The van der Waals surface area contributed by atoms with Gasteiger partial charge in [-0.25, -0.2) is 0 Å². The summed E-state index contributed by atoms with van der Waals surface area (Å²) < 4.78 is 17.4. The molecular weight excluding hydrogens is 422 g/mol. The first kappa shape index (κ1) is 20.0. The number of nitriles is 1. The van der Waals surface area contributed by atoms with Crippen molar-refractivity contribution in [3.05, 3.63) is 45.9 Å². The van der Waals surface area contributed by atoms with E-state index in [0.29, 0.717) is 21.7 Å². The maximum Gasteiger partial charge on any atom is 0.206 e. The van der Waals surface area contributed by atoms with Crippen molar-refractivity contribution < 1.29 is 14.2 Å². The van der Waals surface area contributed by atoms with E-state index in [-0.39, 0.29) is 5.90 Å². The lowest BCUT2D eigenvalue weighted by atomic mass is 9.66. The van der Waals surface area contributed by atoms with Crippen molar-refractivity contribution in [2.75, 3.05) is 33.2 Å². The summed E-state index contributed by atoms with van der Waals surface area (Å²) in [5.41, 5.74) is 1.83. The van der Waals surface area contributed by atoms with E-state index in [9.17, 15) is 5.26 Å². The molecular formula is C21H22BrN3O3. The lowest BCUT2D eigenvalue weighted by Gasteiger charge is -2.40. The van der Waals surface area contributed by atoms with Crippen LogP contribution in [0.5, 0.6) is 17.2 Å². The Morgan fingerprint density at radius 1 is 1.21 bits per heavy atom. The highest BCUT2D eigenvalue weighted by atomic mass is 79.9. The van der Waals surface area contributed by atoms with Crippen LogP contribution in [0.1, 0.15) is 18.1 Å². The molecule has 7 heteroatoms. The largest absolute Gasteiger partial charge is 0.493 e. The molecule has 1 aliphatic rings. The van der Waals surface area contributed by atoms with Crippen LogP contribution < -0.4 is 19.1 Å². The van der Waals surface area contributed by atoms with Crippen LogP contribution in [-0.2, 0) is 5.41 Å². The summed E-state index contributed by atoms with van der Waals surface area (Å²) in [6, 6.07) is 11.9. The van der Waals surface area contributed by atoms with Gasteiger partial charge in [0.2, 0.25) is 5.90 Å². The van der Waals surface area contributed by atoms with Gasteiger partial charge >= 0.3 is 0 Å². The van der Waals surface area contributed by atoms with E-state index in [0.717, 1.165) is 16.8 Å². The van der Waals surface area contributed by atoms with Crippen molar-refractivity contribution >= 4 is 27.5 Å². The minimum atomic E-state index is -0.799. The van der Waals surface area contributed by atoms with Gasteiger partial charge in [0.1, 0.15) is 11.7 Å². The van der Waals surface area contributed by atoms with Crippen LogP contribution in [0.4, 0.5) is 5.69 Å². The summed E-state index contributed by atoms with van der Waals surface area (Å²) in [5, 5.41) is 18.2. The Hall–Kier alpha value is -2.72. The molecule has 2 aromatic rings. The molecule has 0 spiro atoms. The second kappa shape index (κ2) is 7.36. The van der Waals surface area contributed by atoms with Crippen LogP contribution in [0.3, 0.4) is 0 Å². The molecule has 6 nitrogen and oxygen atoms in total. The number of nitrogens with zero attached hydrogens (tertiary/aromatic N) is 2. The molecule has 0 radical (unpaired) electrons. The third kappa shape index (κ3) is 2.98. The third-order valence-corrected chi connectivity index (χ3v) is 5.85. The van der Waals surface area contributed by atoms with Crippen molar-refractivity contribution in [2.24, 2.45) is 5.92 Å². The van der Waals surface area contributed by atoms with Gasteiger partial charge in [-0.2, -0.15) is 5.26 Å². The van der Waals surface area contributed by atoms with Crippen LogP contribution in [-0.4, -0.2) is 34.2 Å². The number of fused-ring (bicyclic) bond motifs is 1. The lowest BCUT2D eigenvalue weighted by molar-refractivity contribution is 0.348. The van der Waals surface area contributed by atoms with Gasteiger partial charge in [-0.1, -0.05) is 6.07 Å². The van der Waals surface area contributed by atoms with E-state index >= 15 is 0 Å². The van der Waals surface area contributed by atoms with Gasteiger partial charge < -0.3 is 19.1 Å². The monoisotopic (exact) mass is 443 g/mol. The number of rotatable bonds is 4. The predicted octanol–water partition coefficient (Wildman–Crippen LogP) is 4.35. The minimum absolute atomic E-state index is 0.0701. The number of nitrogens with one attached hydrogen (secondary N) is 1. The second-order valence-electron chi connectivity index (χ2n) is 7.00. The number of methoxy groups -OCH3 is 2. The lowest BCUT2D eigenvalue weighted by Crippen LogP contribution is -2.43. The Morgan fingerprint density at radius 3 is 2.50 bits per heavy atom. The second-order valence-corrected chi connectivity index (χ2v) is 7.85. The van der Waals surface area contributed by atoms with Gasteiger partial charge in [0.15, 0.2) is 11.5 Å². The van der Waals surface area contributed by atoms with Crippen molar-refractivity contribution in [1.29, 1.82) is 10.7 Å². The van der Waals surface area contributed by atoms with Crippen LogP contribution in [0.25, 0.3) is 0 Å². The molecule has 0 amide bonds. The molecule has 0 saturated heterocycles. The summed E-state index contributed by atoms with van der Waals surface area (Å²) in [7, 11) is 7.03. The predicted molar refractivity (Wildman–Crippen MR) is 112 cm³/mol. The molecule has 0 bridgehead atoms. The minimum Gasteiger partial charge on any atom is -0.493 e. The van der Waals surface area contributed by atoms with Gasteiger partial charge in [0.05, 0.1) is 24.8 Å². The number of hydrogen-bond acceptors (Lipinski definition) is 6. The zero-order valence-electron chi connectivity index (χ0n) is 16.5. The van der Waals surface area contributed by atoms with E-state index in [1.807, 2.05) is 56.3 Å². The van der Waals surface area contributed by atoms with Gasteiger partial charge in [-0.05, 0) is 46.6 Å². The maximum atomic E-state index is 9.88. The summed E-state index contributed by atoms with van der Waals surface area (Å²) in [4.78, 5) is 1.97. The van der Waals surface area contributed by atoms with E-state index in [1.54, 1.807) is 14.2 Å². The molecule has 1 aliphatic heterocycles. The summed E-state index contributed by atoms with van der Waals surface area (Å²) in [6.07, 6.45) is 0. The summed E-state index contributed by atoms with van der Waals surface area (Å²) in [5.74, 6) is 0.855. The third-order valence-electron chi connectivity index (χ3n) is 5.26. The highest BCUT2D eigenvalue weighted by Crippen LogP contribution is 2.50. The van der Waals surface area contributed by atoms with Crippen molar-refractivity contribution in [3.63, 3.8) is 0 Å². The molecule has 0 fully saturated rings. The quantitative estimate of drug-likeness (QED) is 0.759. The normalized spacial score (nSPS) is 20.6. The molecule has 0 saturated carbocycles. The molecule has 1 N–H and O–H groups in total. The first-order chi connectivity index (χ1) is 13.3. The Bertz CT molecular complexity index is 984. The number of ether oxygens (including phenoxy) is 3. The first-order valence-electron chi connectivity index (χ1n) is 8.67. The van der Waals surface area contributed by atoms with Crippen LogP contribution in [0.15, 0.2) is 34.8 Å². The Morgan fingerprint density at radius 2 is 1.93 bits per heavy atom. The molecule has 0 aromatic heterocycles. The molecule has 2 unspecified atom stereocenters. The molecule has 28 heavy (non-hydrogen) atoms. The molecule has 0 aliphatic carbocycles. The van der Waals surface area contributed by atoms with E-state index in [2.05, 4.69) is 22.0 Å². The Kier molecular flexibility index (Phi) is 5.26. The average molecular weight is 444 g/mol. The average Bonchev–Trinajstić information content (AvgIpc) is 2.66. The smallest absolute Gasteiger partial charge is 0.206 e. The molecule has 2 atom stereocenters. The molecule has 146 valence electrons. The fourth-order valence-corrected chi connectivity index (χ4v) is 4.23. The Labute approximate surface area is 173 Å². The van der Waals surface area contributed by atoms with E-state index < -0.39 is 11.3 Å². The van der Waals surface area contributed by atoms with Crippen LogP contribution >= 0.6 is 15.9 Å². The maximum absolute atomic E-state index is 9.88. The SMILES string of the molecule is COc1cc(C2(C)c3ccc(N(C)C)cc3OC(=N)C2C#N)cc(Br)c1OC. The van der Waals surface area contributed by atoms with Crippen molar-refractivity contribution in [3.8, 4) is 23.3 Å². The zero-order valence-corrected chi connectivity index (χ0v) is 18.0. The summed E-state index contributed by atoms with van der Waals surface area (Å²) >= 11 is 3.54. The van der Waals surface area contributed by atoms with Gasteiger partial charge in [-0.3, -0.25) is 5.41 Å². The van der Waals surface area contributed by atoms with Gasteiger partial charge in [-0.15, -0.1) is 0 Å². The van der Waals surface area contributed by atoms with Crippen molar-refractivity contribution in [2.45, 2.75) is 12.3 Å². The fraction of sp³-hybridized carbons (Fsp3) is 0.333. The highest BCUT2D eigenvalue weighted by Gasteiger charge is 2.47. The Balaban J connectivity index is 2.30. The molecule has 1 heterocycles. The zero-order chi connectivity index (χ0) is 20.6. The van der Waals surface area contributed by atoms with Crippen LogP contribution in [0, 0.1) is 22.7 Å². The van der Waals surface area contributed by atoms with Gasteiger partial charge in [0, 0.05) is 36.8 Å². The fourth-order valence-electron chi connectivity index (χ4n) is 3.63. The van der Waals surface area contributed by atoms with Crippen LogP contribution in [0.2, 0.25) is 0 Å². The van der Waals surface area contributed by atoms with E-state index in [4.69, 9.17) is 19.6 Å².